The van der Waals surface area contributed by atoms with E-state index in [2.05, 4.69) is 60.0 Å². The first-order valence-corrected chi connectivity index (χ1v) is 8.31. The molecule has 0 saturated carbocycles. The normalized spacial score (nSPS) is 12.1. The van der Waals surface area contributed by atoms with Crippen molar-refractivity contribution in [3.63, 3.8) is 0 Å². The van der Waals surface area contributed by atoms with Crippen molar-refractivity contribution in [3.05, 3.63) is 77.9 Å². The molecule has 0 aliphatic rings. The minimum absolute atomic E-state index is 0.0244. The zero-order valence-electron chi connectivity index (χ0n) is 14.1. The highest BCUT2D eigenvalue weighted by atomic mass is 16.1. The van der Waals surface area contributed by atoms with E-state index in [1.54, 1.807) is 0 Å². The van der Waals surface area contributed by atoms with Crippen molar-refractivity contribution >= 4 is 22.4 Å². The van der Waals surface area contributed by atoms with E-state index in [4.69, 9.17) is 0 Å². The van der Waals surface area contributed by atoms with Crippen LogP contribution in [0.2, 0.25) is 0 Å². The Hall–Kier alpha value is -2.65. The summed E-state index contributed by atoms with van der Waals surface area (Å²) in [6.45, 7) is 4.54. The SMILES string of the molecule is Cc1ccccc1NC(=O)C[NH2+][C@@H](C)c1cccc2ccccc12. The number of para-hydroxylation sites is 1. The first-order valence-electron chi connectivity index (χ1n) is 8.31. The molecule has 3 N–H and O–H groups in total. The Kier molecular flexibility index (Phi) is 4.92. The molecule has 0 unspecified atom stereocenters. The summed E-state index contributed by atoms with van der Waals surface area (Å²) in [6, 6.07) is 22.8. The molecule has 3 nitrogen and oxygen atoms in total. The van der Waals surface area contributed by atoms with Gasteiger partial charge in [0.25, 0.3) is 5.91 Å². The van der Waals surface area contributed by atoms with Gasteiger partial charge in [-0.05, 0) is 36.2 Å². The number of aryl methyl sites for hydroxylation is 1. The molecule has 0 spiro atoms. The van der Waals surface area contributed by atoms with Crippen LogP contribution < -0.4 is 10.6 Å². The summed E-state index contributed by atoms with van der Waals surface area (Å²) < 4.78 is 0. The molecule has 0 fully saturated rings. The number of rotatable bonds is 5. The monoisotopic (exact) mass is 319 g/mol. The number of hydrogen-bond acceptors (Lipinski definition) is 1. The van der Waals surface area contributed by atoms with E-state index in [1.807, 2.05) is 31.2 Å². The molecule has 122 valence electrons. The van der Waals surface area contributed by atoms with Crippen LogP contribution in [0.25, 0.3) is 10.8 Å². The molecule has 0 aromatic heterocycles. The van der Waals surface area contributed by atoms with Gasteiger partial charge in [0.05, 0.1) is 0 Å². The number of quaternary nitrogens is 1. The van der Waals surface area contributed by atoms with Crippen molar-refractivity contribution in [2.45, 2.75) is 19.9 Å². The van der Waals surface area contributed by atoms with Gasteiger partial charge < -0.3 is 10.6 Å². The third-order valence-electron chi connectivity index (χ3n) is 4.39. The molecule has 0 heterocycles. The van der Waals surface area contributed by atoms with Crippen LogP contribution in [-0.2, 0) is 4.79 Å². The smallest absolute Gasteiger partial charge is 0.279 e. The number of benzene rings is 3. The number of fused-ring (bicyclic) bond motifs is 1. The number of nitrogens with two attached hydrogens (primary N) is 1. The highest BCUT2D eigenvalue weighted by Gasteiger charge is 2.14. The highest BCUT2D eigenvalue weighted by Crippen LogP contribution is 2.22. The van der Waals surface area contributed by atoms with Crippen LogP contribution in [0.15, 0.2) is 66.7 Å². The molecule has 0 aliphatic carbocycles. The summed E-state index contributed by atoms with van der Waals surface area (Å²) in [5.41, 5.74) is 3.22. The van der Waals surface area contributed by atoms with E-state index >= 15 is 0 Å². The van der Waals surface area contributed by atoms with E-state index in [-0.39, 0.29) is 11.9 Å². The molecule has 3 heteroatoms. The molecule has 24 heavy (non-hydrogen) atoms. The summed E-state index contributed by atoms with van der Waals surface area (Å²) in [5.74, 6) is 0.0244. The van der Waals surface area contributed by atoms with Crippen molar-refractivity contribution in [2.24, 2.45) is 0 Å². The first kappa shape index (κ1) is 16.2. The summed E-state index contributed by atoms with van der Waals surface area (Å²) in [4.78, 5) is 12.2. The van der Waals surface area contributed by atoms with E-state index in [1.165, 1.54) is 16.3 Å². The van der Waals surface area contributed by atoms with Crippen LogP contribution in [0.4, 0.5) is 5.69 Å². The molecule has 0 aliphatic heterocycles. The predicted molar refractivity (Wildman–Crippen MR) is 99.0 cm³/mol. The lowest BCUT2D eigenvalue weighted by Gasteiger charge is -2.14. The number of hydrogen-bond donors (Lipinski definition) is 2. The van der Waals surface area contributed by atoms with E-state index in [0.717, 1.165) is 11.3 Å². The molecular formula is C21H23N2O+. The predicted octanol–water partition coefficient (Wildman–Crippen LogP) is 3.41. The lowest BCUT2D eigenvalue weighted by Crippen LogP contribution is -2.86. The summed E-state index contributed by atoms with van der Waals surface area (Å²) in [6.07, 6.45) is 0. The maximum Gasteiger partial charge on any atom is 0.279 e. The number of nitrogens with one attached hydrogen (secondary N) is 1. The molecule has 1 amide bonds. The van der Waals surface area contributed by atoms with Gasteiger partial charge in [0.1, 0.15) is 6.04 Å². The maximum atomic E-state index is 12.2. The first-order chi connectivity index (χ1) is 11.6. The van der Waals surface area contributed by atoms with Gasteiger partial charge in [-0.25, -0.2) is 0 Å². The standard InChI is InChI=1S/C21H22N2O/c1-15-8-3-6-13-20(15)23-21(24)14-22-16(2)18-12-7-10-17-9-4-5-11-19(17)18/h3-13,16,22H,14H2,1-2H3,(H,23,24)/p+1/t16-/m0/s1. The summed E-state index contributed by atoms with van der Waals surface area (Å²) in [7, 11) is 0. The number of carbonyl (C=O) groups excluding carboxylic acids is 1. The van der Waals surface area contributed by atoms with Gasteiger partial charge in [0.2, 0.25) is 0 Å². The second kappa shape index (κ2) is 7.28. The van der Waals surface area contributed by atoms with Gasteiger partial charge in [-0.2, -0.15) is 0 Å². The molecule has 3 rings (SSSR count). The second-order valence-electron chi connectivity index (χ2n) is 6.16. The van der Waals surface area contributed by atoms with Crippen molar-refractivity contribution in [2.75, 3.05) is 11.9 Å². The van der Waals surface area contributed by atoms with Gasteiger partial charge in [0, 0.05) is 11.3 Å². The molecular weight excluding hydrogens is 296 g/mol. The largest absolute Gasteiger partial charge is 0.332 e. The van der Waals surface area contributed by atoms with Crippen molar-refractivity contribution in [1.82, 2.24) is 0 Å². The Morgan fingerprint density at radius 3 is 2.54 bits per heavy atom. The van der Waals surface area contributed by atoms with Crippen LogP contribution in [0.3, 0.4) is 0 Å². The minimum Gasteiger partial charge on any atom is -0.332 e. The van der Waals surface area contributed by atoms with Crippen LogP contribution in [0.5, 0.6) is 0 Å². The summed E-state index contributed by atoms with van der Waals surface area (Å²) >= 11 is 0. The number of amides is 1. The van der Waals surface area contributed by atoms with E-state index in [9.17, 15) is 4.79 Å². The molecule has 3 aromatic carbocycles. The van der Waals surface area contributed by atoms with Crippen LogP contribution in [0.1, 0.15) is 24.1 Å². The summed E-state index contributed by atoms with van der Waals surface area (Å²) in [5, 5.41) is 7.55. The maximum absolute atomic E-state index is 12.2. The van der Waals surface area contributed by atoms with Crippen molar-refractivity contribution < 1.29 is 10.1 Å². The van der Waals surface area contributed by atoms with E-state index in [0.29, 0.717) is 6.54 Å². The fourth-order valence-electron chi connectivity index (χ4n) is 2.97. The van der Waals surface area contributed by atoms with E-state index < -0.39 is 0 Å². The average Bonchev–Trinajstić information content (AvgIpc) is 2.61. The molecule has 0 radical (unpaired) electrons. The lowest BCUT2D eigenvalue weighted by atomic mass is 10.00. The minimum atomic E-state index is 0.0244. The van der Waals surface area contributed by atoms with Crippen molar-refractivity contribution in [3.8, 4) is 0 Å². The second-order valence-corrected chi connectivity index (χ2v) is 6.16. The zero-order chi connectivity index (χ0) is 16.9. The van der Waals surface area contributed by atoms with Gasteiger partial charge in [-0.3, -0.25) is 4.79 Å². The van der Waals surface area contributed by atoms with Crippen LogP contribution in [-0.4, -0.2) is 12.5 Å². The Labute approximate surface area is 142 Å². The third-order valence-corrected chi connectivity index (χ3v) is 4.39. The Bertz CT molecular complexity index is 852. The lowest BCUT2D eigenvalue weighted by molar-refractivity contribution is -0.682. The fraction of sp³-hybridized carbons (Fsp3) is 0.190. The molecule has 0 saturated heterocycles. The molecule has 1 atom stereocenters. The van der Waals surface area contributed by atoms with Gasteiger partial charge in [0.15, 0.2) is 6.54 Å². The average molecular weight is 319 g/mol. The Balaban J connectivity index is 1.65. The van der Waals surface area contributed by atoms with Crippen LogP contribution >= 0.6 is 0 Å². The van der Waals surface area contributed by atoms with Gasteiger partial charge in [-0.1, -0.05) is 60.7 Å². The Morgan fingerprint density at radius 1 is 1.00 bits per heavy atom. The fourth-order valence-corrected chi connectivity index (χ4v) is 2.97. The zero-order valence-corrected chi connectivity index (χ0v) is 14.1. The topological polar surface area (TPSA) is 45.7 Å². The van der Waals surface area contributed by atoms with Gasteiger partial charge in [-0.15, -0.1) is 0 Å². The number of carbonyl (C=O) groups is 1. The highest BCUT2D eigenvalue weighted by molar-refractivity contribution is 5.92. The van der Waals surface area contributed by atoms with Crippen molar-refractivity contribution in [1.29, 1.82) is 0 Å². The Morgan fingerprint density at radius 2 is 1.71 bits per heavy atom. The molecule has 3 aromatic rings. The van der Waals surface area contributed by atoms with Gasteiger partial charge >= 0.3 is 0 Å². The number of anilines is 1. The third kappa shape index (κ3) is 3.63. The van der Waals surface area contributed by atoms with Crippen LogP contribution in [0, 0.1) is 6.92 Å². The quantitative estimate of drug-likeness (QED) is 0.744. The molecule has 0 bridgehead atoms.